The highest BCUT2D eigenvalue weighted by Crippen LogP contribution is 2.14. The Balaban J connectivity index is 0. The first kappa shape index (κ1) is 14.2. The normalized spacial score (nSPS) is 18.9. The molecular weight excluding hydrogens is 148 g/mol. The second-order valence-corrected chi connectivity index (χ2v) is 2.71. The highest BCUT2D eigenvalue weighted by atomic mass is 16.2. The Morgan fingerprint density at radius 1 is 1.42 bits per heavy atom. The van der Waals surface area contributed by atoms with Crippen molar-refractivity contribution in [2.24, 2.45) is 5.92 Å². The average molecular weight is 172 g/mol. The molecule has 0 bridgehead atoms. The van der Waals surface area contributed by atoms with Crippen LogP contribution in [0.5, 0.6) is 0 Å². The van der Waals surface area contributed by atoms with Gasteiger partial charge in [-0.05, 0) is 25.2 Å². The molecule has 0 saturated heterocycles. The molecule has 12 heavy (non-hydrogen) atoms. The van der Waals surface area contributed by atoms with Gasteiger partial charge in [-0.3, -0.25) is 0 Å². The van der Waals surface area contributed by atoms with E-state index in [2.05, 4.69) is 19.1 Å². The van der Waals surface area contributed by atoms with Crippen LogP contribution in [-0.2, 0) is 0 Å². The van der Waals surface area contributed by atoms with Crippen LogP contribution in [0.4, 0.5) is 0 Å². The zero-order valence-corrected chi connectivity index (χ0v) is 9.01. The topological polar surface area (TPSA) is 20.2 Å². The van der Waals surface area contributed by atoms with Crippen LogP contribution in [0.1, 0.15) is 47.0 Å². The minimum Gasteiger partial charge on any atom is -0.396 e. The molecule has 0 saturated carbocycles. The lowest BCUT2D eigenvalue weighted by Crippen LogP contribution is -1.76. The molecule has 0 fully saturated rings. The summed E-state index contributed by atoms with van der Waals surface area (Å²) in [6, 6.07) is 0. The SMILES string of the molecule is CC.CCCO.C[C@@H]1C=CCC1. The molecule has 1 N–H and O–H groups in total. The van der Waals surface area contributed by atoms with Crippen LogP contribution < -0.4 is 0 Å². The van der Waals surface area contributed by atoms with Gasteiger partial charge in [-0.2, -0.15) is 0 Å². The molecule has 0 aromatic heterocycles. The highest BCUT2D eigenvalue weighted by molar-refractivity contribution is 4.93. The molecule has 0 aromatic carbocycles. The molecule has 0 aromatic rings. The van der Waals surface area contributed by atoms with Gasteiger partial charge in [-0.15, -0.1) is 0 Å². The van der Waals surface area contributed by atoms with Crippen LogP contribution in [0.2, 0.25) is 0 Å². The Morgan fingerprint density at radius 3 is 2.00 bits per heavy atom. The summed E-state index contributed by atoms with van der Waals surface area (Å²) < 4.78 is 0. The van der Waals surface area contributed by atoms with Crippen molar-refractivity contribution in [2.45, 2.75) is 47.0 Å². The lowest BCUT2D eigenvalue weighted by atomic mass is 10.2. The number of rotatable bonds is 1. The predicted molar refractivity (Wildman–Crippen MR) is 56.3 cm³/mol. The summed E-state index contributed by atoms with van der Waals surface area (Å²) in [4.78, 5) is 0. The summed E-state index contributed by atoms with van der Waals surface area (Å²) in [5.41, 5.74) is 0. The van der Waals surface area contributed by atoms with Gasteiger partial charge in [0.25, 0.3) is 0 Å². The molecule has 1 nitrogen and oxygen atoms in total. The Labute approximate surface area is 77.5 Å². The lowest BCUT2D eigenvalue weighted by molar-refractivity contribution is 0.295. The molecule has 0 aliphatic heterocycles. The molecule has 0 radical (unpaired) electrons. The van der Waals surface area contributed by atoms with E-state index in [9.17, 15) is 0 Å². The first-order chi connectivity index (χ1) is 5.81. The summed E-state index contributed by atoms with van der Waals surface area (Å²) in [6.07, 6.45) is 8.09. The van der Waals surface area contributed by atoms with Crippen LogP contribution in [0, 0.1) is 5.92 Å². The zero-order valence-electron chi connectivity index (χ0n) is 9.01. The van der Waals surface area contributed by atoms with E-state index < -0.39 is 0 Å². The lowest BCUT2D eigenvalue weighted by Gasteiger charge is -1.89. The molecule has 0 unspecified atom stereocenters. The van der Waals surface area contributed by atoms with E-state index in [0.29, 0.717) is 6.61 Å². The van der Waals surface area contributed by atoms with E-state index in [1.54, 1.807) is 0 Å². The molecule has 74 valence electrons. The van der Waals surface area contributed by atoms with Crippen LogP contribution in [0.15, 0.2) is 12.2 Å². The van der Waals surface area contributed by atoms with Crippen molar-refractivity contribution in [1.29, 1.82) is 0 Å². The van der Waals surface area contributed by atoms with E-state index in [0.717, 1.165) is 12.3 Å². The monoisotopic (exact) mass is 172 g/mol. The van der Waals surface area contributed by atoms with Gasteiger partial charge < -0.3 is 5.11 Å². The van der Waals surface area contributed by atoms with E-state index in [1.807, 2.05) is 20.8 Å². The average Bonchev–Trinajstić information content (AvgIpc) is 2.60. The zero-order chi connectivity index (χ0) is 9.82. The minimum absolute atomic E-state index is 0.319. The van der Waals surface area contributed by atoms with Gasteiger partial charge in [-0.25, -0.2) is 0 Å². The Morgan fingerprint density at radius 2 is 1.92 bits per heavy atom. The van der Waals surface area contributed by atoms with Crippen LogP contribution >= 0.6 is 0 Å². The third kappa shape index (κ3) is 12.4. The van der Waals surface area contributed by atoms with Crippen LogP contribution in [0.3, 0.4) is 0 Å². The first-order valence-corrected chi connectivity index (χ1v) is 5.08. The van der Waals surface area contributed by atoms with Crippen molar-refractivity contribution in [3.63, 3.8) is 0 Å². The van der Waals surface area contributed by atoms with E-state index in [1.165, 1.54) is 12.8 Å². The molecule has 1 aliphatic carbocycles. The fourth-order valence-electron chi connectivity index (χ4n) is 0.784. The summed E-state index contributed by atoms with van der Waals surface area (Å²) in [5, 5.41) is 7.88. The summed E-state index contributed by atoms with van der Waals surface area (Å²) in [7, 11) is 0. The van der Waals surface area contributed by atoms with Crippen molar-refractivity contribution < 1.29 is 5.11 Å². The van der Waals surface area contributed by atoms with Crippen LogP contribution in [-0.4, -0.2) is 11.7 Å². The largest absolute Gasteiger partial charge is 0.396 e. The summed E-state index contributed by atoms with van der Waals surface area (Å²) >= 11 is 0. The van der Waals surface area contributed by atoms with Gasteiger partial charge in [0.2, 0.25) is 0 Å². The molecule has 1 heteroatoms. The second-order valence-electron chi connectivity index (χ2n) is 2.71. The van der Waals surface area contributed by atoms with E-state index >= 15 is 0 Å². The molecule has 1 atom stereocenters. The number of aliphatic hydroxyl groups excluding tert-OH is 1. The van der Waals surface area contributed by atoms with E-state index in [-0.39, 0.29) is 0 Å². The maximum atomic E-state index is 7.88. The Kier molecular flexibility index (Phi) is 15.8. The number of aliphatic hydroxyl groups is 1. The smallest absolute Gasteiger partial charge is 0.0428 e. The van der Waals surface area contributed by atoms with Crippen molar-refractivity contribution in [3.8, 4) is 0 Å². The van der Waals surface area contributed by atoms with Crippen LogP contribution in [0.25, 0.3) is 0 Å². The van der Waals surface area contributed by atoms with Crippen molar-refractivity contribution >= 4 is 0 Å². The molecule has 0 amide bonds. The summed E-state index contributed by atoms with van der Waals surface area (Å²) in [6.45, 7) is 8.50. The molecule has 0 heterocycles. The molecule has 0 spiro atoms. The fourth-order valence-corrected chi connectivity index (χ4v) is 0.784. The predicted octanol–water partition coefficient (Wildman–Crippen LogP) is 3.39. The Bertz CT molecular complexity index is 85.0. The Hall–Kier alpha value is -0.300. The fraction of sp³-hybridized carbons (Fsp3) is 0.818. The first-order valence-electron chi connectivity index (χ1n) is 5.08. The quantitative estimate of drug-likeness (QED) is 0.601. The van der Waals surface area contributed by atoms with Gasteiger partial charge in [0.05, 0.1) is 0 Å². The third-order valence-electron chi connectivity index (χ3n) is 1.48. The van der Waals surface area contributed by atoms with Gasteiger partial charge in [0, 0.05) is 6.61 Å². The van der Waals surface area contributed by atoms with E-state index in [4.69, 9.17) is 5.11 Å². The van der Waals surface area contributed by atoms with Gasteiger partial charge in [0.1, 0.15) is 0 Å². The minimum atomic E-state index is 0.319. The molecule has 1 aliphatic rings. The van der Waals surface area contributed by atoms with Gasteiger partial charge >= 0.3 is 0 Å². The highest BCUT2D eigenvalue weighted by Gasteiger charge is 1.98. The summed E-state index contributed by atoms with van der Waals surface area (Å²) in [5.74, 6) is 0.866. The molecular formula is C11H24O. The maximum Gasteiger partial charge on any atom is 0.0428 e. The molecule has 1 rings (SSSR count). The van der Waals surface area contributed by atoms with Crippen molar-refractivity contribution in [3.05, 3.63) is 12.2 Å². The number of hydrogen-bond acceptors (Lipinski definition) is 1. The maximum absolute atomic E-state index is 7.88. The number of hydrogen-bond donors (Lipinski definition) is 1. The van der Waals surface area contributed by atoms with Gasteiger partial charge in [-0.1, -0.05) is 39.8 Å². The second kappa shape index (κ2) is 13.3. The van der Waals surface area contributed by atoms with Crippen molar-refractivity contribution in [1.82, 2.24) is 0 Å². The van der Waals surface area contributed by atoms with Gasteiger partial charge in [0.15, 0.2) is 0 Å². The van der Waals surface area contributed by atoms with Crippen molar-refractivity contribution in [2.75, 3.05) is 6.61 Å². The number of allylic oxidation sites excluding steroid dienone is 2. The standard InChI is InChI=1S/C6H10.C3H8O.C2H6/c1-6-4-2-3-5-6;1-2-3-4;1-2/h2,4,6H,3,5H2,1H3;4H,2-3H2,1H3;1-2H3/t6-;;/m1../s1. The third-order valence-corrected chi connectivity index (χ3v) is 1.48.